The molecule has 1 unspecified atom stereocenters. The molecule has 0 spiro atoms. The standard InChI is InChI=1S/C16H22BrN3/c1-5-14-16(17)15(20(4)19-14)9-13(18)12-8-6-7-10(2)11(12)3/h6-8,13H,5,9,18H2,1-4H3. The minimum absolute atomic E-state index is 0.00805. The first kappa shape index (κ1) is 15.3. The molecule has 0 amide bonds. The van der Waals surface area contributed by atoms with Gasteiger partial charge >= 0.3 is 0 Å². The van der Waals surface area contributed by atoms with E-state index in [0.717, 1.165) is 28.7 Å². The highest BCUT2D eigenvalue weighted by molar-refractivity contribution is 9.10. The molecule has 0 aliphatic carbocycles. The van der Waals surface area contributed by atoms with Crippen LogP contribution in [0.4, 0.5) is 0 Å². The quantitative estimate of drug-likeness (QED) is 0.927. The van der Waals surface area contributed by atoms with Crippen molar-refractivity contribution in [2.24, 2.45) is 12.8 Å². The molecule has 0 bridgehead atoms. The van der Waals surface area contributed by atoms with Crippen molar-refractivity contribution in [2.45, 2.75) is 39.7 Å². The molecule has 0 saturated heterocycles. The van der Waals surface area contributed by atoms with E-state index in [-0.39, 0.29) is 6.04 Å². The van der Waals surface area contributed by atoms with Crippen LogP contribution in [0, 0.1) is 13.8 Å². The van der Waals surface area contributed by atoms with Gasteiger partial charge in [0.1, 0.15) is 0 Å². The van der Waals surface area contributed by atoms with Gasteiger partial charge in [-0.1, -0.05) is 25.1 Å². The molecule has 1 atom stereocenters. The van der Waals surface area contributed by atoms with E-state index in [4.69, 9.17) is 5.73 Å². The number of hydrogen-bond donors (Lipinski definition) is 1. The maximum absolute atomic E-state index is 6.42. The van der Waals surface area contributed by atoms with Crippen molar-refractivity contribution in [1.29, 1.82) is 0 Å². The smallest absolute Gasteiger partial charge is 0.0766 e. The number of benzene rings is 1. The van der Waals surface area contributed by atoms with E-state index in [0.29, 0.717) is 0 Å². The zero-order chi connectivity index (χ0) is 14.9. The Bertz CT molecular complexity index is 616. The van der Waals surface area contributed by atoms with Gasteiger partial charge in [-0.25, -0.2) is 0 Å². The van der Waals surface area contributed by atoms with Crippen LogP contribution in [0.25, 0.3) is 0 Å². The summed E-state index contributed by atoms with van der Waals surface area (Å²) in [5.41, 5.74) is 12.5. The van der Waals surface area contributed by atoms with Crippen molar-refractivity contribution < 1.29 is 0 Å². The van der Waals surface area contributed by atoms with E-state index in [9.17, 15) is 0 Å². The molecule has 0 aliphatic rings. The predicted octanol–water partition coefficient (Wildman–Crippen LogP) is 3.60. The third kappa shape index (κ3) is 2.81. The van der Waals surface area contributed by atoms with E-state index in [2.05, 4.69) is 60.0 Å². The zero-order valence-electron chi connectivity index (χ0n) is 12.6. The Labute approximate surface area is 129 Å². The first-order valence-electron chi connectivity index (χ1n) is 6.97. The normalized spacial score (nSPS) is 12.7. The second-order valence-corrected chi connectivity index (χ2v) is 6.08. The molecule has 2 rings (SSSR count). The highest BCUT2D eigenvalue weighted by Crippen LogP contribution is 2.27. The van der Waals surface area contributed by atoms with Crippen LogP contribution in [0.1, 0.15) is 41.0 Å². The number of nitrogens with zero attached hydrogens (tertiary/aromatic N) is 2. The number of aromatic nitrogens is 2. The van der Waals surface area contributed by atoms with Crippen molar-refractivity contribution in [3.05, 3.63) is 50.8 Å². The second-order valence-electron chi connectivity index (χ2n) is 5.28. The monoisotopic (exact) mass is 335 g/mol. The summed E-state index contributed by atoms with van der Waals surface area (Å²) in [5.74, 6) is 0. The second kappa shape index (κ2) is 6.10. The average Bonchev–Trinajstić information content (AvgIpc) is 2.69. The summed E-state index contributed by atoms with van der Waals surface area (Å²) in [4.78, 5) is 0. The zero-order valence-corrected chi connectivity index (χ0v) is 14.2. The van der Waals surface area contributed by atoms with E-state index in [1.54, 1.807) is 0 Å². The van der Waals surface area contributed by atoms with Crippen LogP contribution in [-0.2, 0) is 19.9 Å². The highest BCUT2D eigenvalue weighted by atomic mass is 79.9. The lowest BCUT2D eigenvalue weighted by molar-refractivity contribution is 0.634. The van der Waals surface area contributed by atoms with Gasteiger partial charge in [-0.05, 0) is 52.9 Å². The Morgan fingerprint density at radius 2 is 2.05 bits per heavy atom. The molecular formula is C16H22BrN3. The molecule has 1 aromatic carbocycles. The third-order valence-electron chi connectivity index (χ3n) is 3.96. The summed E-state index contributed by atoms with van der Waals surface area (Å²) in [7, 11) is 1.98. The number of halogens is 1. The fraction of sp³-hybridized carbons (Fsp3) is 0.438. The van der Waals surface area contributed by atoms with Gasteiger partial charge in [0.25, 0.3) is 0 Å². The molecule has 108 valence electrons. The van der Waals surface area contributed by atoms with E-state index in [1.807, 2.05) is 11.7 Å². The summed E-state index contributed by atoms with van der Waals surface area (Å²) in [5, 5.41) is 4.53. The lowest BCUT2D eigenvalue weighted by Gasteiger charge is -2.16. The van der Waals surface area contributed by atoms with Crippen molar-refractivity contribution in [1.82, 2.24) is 9.78 Å². The Hall–Kier alpha value is -1.13. The fourth-order valence-corrected chi connectivity index (χ4v) is 3.31. The largest absolute Gasteiger partial charge is 0.324 e. The molecule has 0 radical (unpaired) electrons. The van der Waals surface area contributed by atoms with Gasteiger partial charge in [-0.2, -0.15) is 5.10 Å². The van der Waals surface area contributed by atoms with Gasteiger partial charge in [-0.15, -0.1) is 0 Å². The summed E-state index contributed by atoms with van der Waals surface area (Å²) in [6.45, 7) is 6.38. The van der Waals surface area contributed by atoms with E-state index >= 15 is 0 Å². The molecule has 20 heavy (non-hydrogen) atoms. The lowest BCUT2D eigenvalue weighted by Crippen LogP contribution is -2.17. The third-order valence-corrected chi connectivity index (χ3v) is 4.88. The maximum Gasteiger partial charge on any atom is 0.0766 e. The van der Waals surface area contributed by atoms with E-state index < -0.39 is 0 Å². The van der Waals surface area contributed by atoms with Crippen LogP contribution in [0.3, 0.4) is 0 Å². The fourth-order valence-electron chi connectivity index (χ4n) is 2.54. The molecule has 0 saturated carbocycles. The minimum Gasteiger partial charge on any atom is -0.324 e. The first-order chi connectivity index (χ1) is 9.45. The molecule has 2 N–H and O–H groups in total. The molecule has 3 nitrogen and oxygen atoms in total. The van der Waals surface area contributed by atoms with Crippen molar-refractivity contribution in [3.8, 4) is 0 Å². The van der Waals surface area contributed by atoms with Gasteiger partial charge in [0.2, 0.25) is 0 Å². The molecule has 0 aliphatic heterocycles. The average molecular weight is 336 g/mol. The summed E-state index contributed by atoms with van der Waals surface area (Å²) in [6.07, 6.45) is 1.71. The number of nitrogens with two attached hydrogens (primary N) is 1. The first-order valence-corrected chi connectivity index (χ1v) is 7.76. The van der Waals surface area contributed by atoms with Crippen LogP contribution in [0.5, 0.6) is 0 Å². The van der Waals surface area contributed by atoms with Crippen molar-refractivity contribution in [3.63, 3.8) is 0 Å². The van der Waals surface area contributed by atoms with Crippen molar-refractivity contribution >= 4 is 15.9 Å². The molecule has 2 aromatic rings. The van der Waals surface area contributed by atoms with Crippen LogP contribution in [0.15, 0.2) is 22.7 Å². The predicted molar refractivity (Wildman–Crippen MR) is 86.8 cm³/mol. The highest BCUT2D eigenvalue weighted by Gasteiger charge is 2.17. The van der Waals surface area contributed by atoms with Gasteiger partial charge in [0.15, 0.2) is 0 Å². The van der Waals surface area contributed by atoms with Gasteiger partial charge in [0, 0.05) is 19.5 Å². The molecule has 0 fully saturated rings. The number of rotatable bonds is 4. The molecule has 1 aromatic heterocycles. The number of aryl methyl sites for hydroxylation is 3. The molecule has 1 heterocycles. The van der Waals surface area contributed by atoms with Crippen LogP contribution in [-0.4, -0.2) is 9.78 Å². The lowest BCUT2D eigenvalue weighted by atomic mass is 9.95. The SMILES string of the molecule is CCc1nn(C)c(CC(N)c2cccc(C)c2C)c1Br. The minimum atomic E-state index is -0.00805. The van der Waals surface area contributed by atoms with Gasteiger partial charge in [0.05, 0.1) is 15.9 Å². The Balaban J connectivity index is 2.30. The van der Waals surface area contributed by atoms with Crippen LogP contribution in [0.2, 0.25) is 0 Å². The van der Waals surface area contributed by atoms with E-state index in [1.165, 1.54) is 16.7 Å². The van der Waals surface area contributed by atoms with Crippen LogP contribution >= 0.6 is 15.9 Å². The maximum atomic E-state index is 6.42. The summed E-state index contributed by atoms with van der Waals surface area (Å²) >= 11 is 3.66. The summed E-state index contributed by atoms with van der Waals surface area (Å²) in [6, 6.07) is 6.32. The molecular weight excluding hydrogens is 314 g/mol. The Morgan fingerprint density at radius 3 is 2.65 bits per heavy atom. The topological polar surface area (TPSA) is 43.8 Å². The Kier molecular flexibility index (Phi) is 4.66. The summed E-state index contributed by atoms with van der Waals surface area (Å²) < 4.78 is 3.04. The van der Waals surface area contributed by atoms with Crippen LogP contribution < -0.4 is 5.73 Å². The van der Waals surface area contributed by atoms with Gasteiger partial charge in [-0.3, -0.25) is 4.68 Å². The van der Waals surface area contributed by atoms with Crippen molar-refractivity contribution in [2.75, 3.05) is 0 Å². The van der Waals surface area contributed by atoms with Gasteiger partial charge < -0.3 is 5.73 Å². The Morgan fingerprint density at radius 1 is 1.35 bits per heavy atom. The molecule has 4 heteroatoms. The number of hydrogen-bond acceptors (Lipinski definition) is 2.